The number of nitrogens with zero attached hydrogens (tertiary/aromatic N) is 2. The maximum atomic E-state index is 3.26. The molecule has 97 valence electrons. The summed E-state index contributed by atoms with van der Waals surface area (Å²) in [5, 5.41) is 0. The largest absolute Gasteiger partial charge is 0.378 e. The van der Waals surface area contributed by atoms with E-state index in [0.717, 1.165) is 11.5 Å². The van der Waals surface area contributed by atoms with Gasteiger partial charge in [0, 0.05) is 38.3 Å². The first-order chi connectivity index (χ1) is 9.27. The van der Waals surface area contributed by atoms with Gasteiger partial charge < -0.3 is 4.57 Å². The molecule has 0 amide bonds. The Hall–Kier alpha value is -1.25. The van der Waals surface area contributed by atoms with Crippen molar-refractivity contribution in [1.29, 1.82) is 0 Å². The second kappa shape index (κ2) is 6.47. The van der Waals surface area contributed by atoms with E-state index in [0.29, 0.717) is 0 Å². The number of hydrogen-bond donors (Lipinski definition) is 0. The van der Waals surface area contributed by atoms with Gasteiger partial charge in [0.25, 0.3) is 0 Å². The van der Waals surface area contributed by atoms with E-state index in [1.807, 2.05) is 42.1 Å². The van der Waals surface area contributed by atoms with E-state index in [1.54, 1.807) is 0 Å². The number of aromatic nitrogens is 2. The zero-order valence-corrected chi connectivity index (χ0v) is 14.5. The molecule has 3 rings (SSSR count). The minimum Gasteiger partial charge on any atom is -0.378 e. The molecule has 0 saturated carbocycles. The van der Waals surface area contributed by atoms with Gasteiger partial charge in [-0.25, -0.2) is 6.07 Å². The fraction of sp³-hybridized carbons (Fsp3) is 0.118. The van der Waals surface area contributed by atoms with Crippen LogP contribution in [0.5, 0.6) is 0 Å². The molecule has 0 spiro atoms. The second-order valence-electron chi connectivity index (χ2n) is 4.59. The summed E-state index contributed by atoms with van der Waals surface area (Å²) in [4.78, 5) is 0. The van der Waals surface area contributed by atoms with Gasteiger partial charge in [-0.2, -0.15) is 24.3 Å². The summed E-state index contributed by atoms with van der Waals surface area (Å²) in [7, 11) is 2.04. The second-order valence-corrected chi connectivity index (χ2v) is 4.59. The van der Waals surface area contributed by atoms with Crippen LogP contribution in [0.15, 0.2) is 54.7 Å². The number of imidazole rings is 1. The molecule has 20 heavy (non-hydrogen) atoms. The molecule has 1 radical (unpaired) electrons. The van der Waals surface area contributed by atoms with Crippen LogP contribution in [0, 0.1) is 19.2 Å². The fourth-order valence-corrected chi connectivity index (χ4v) is 2.27. The molecular weight excluding hydrogens is 321 g/mol. The first kappa shape index (κ1) is 15.1. The van der Waals surface area contributed by atoms with Crippen molar-refractivity contribution in [3.05, 3.63) is 72.6 Å². The molecule has 0 N–H and O–H groups in total. The Bertz CT molecular complexity index is 702. The van der Waals surface area contributed by atoms with Gasteiger partial charge in [-0.1, -0.05) is 30.0 Å². The van der Waals surface area contributed by atoms with Crippen LogP contribution in [0.25, 0.3) is 17.1 Å². The Labute approximate surface area is 145 Å². The Morgan fingerprint density at radius 1 is 1.05 bits per heavy atom. The Morgan fingerprint density at radius 2 is 1.80 bits per heavy atom. The third kappa shape index (κ3) is 2.77. The van der Waals surface area contributed by atoms with Crippen LogP contribution < -0.4 is 4.57 Å². The number of aryl methyl sites for hydroxylation is 2. The molecule has 0 saturated heterocycles. The molecule has 3 heteroatoms. The van der Waals surface area contributed by atoms with Crippen molar-refractivity contribution in [2.24, 2.45) is 7.05 Å². The SMILES string of the molecule is Cc1ccccc1-c1n(C)c[c-][n+]1-c1[c-]cccc1.[Y]. The molecule has 0 unspecified atom stereocenters. The first-order valence-corrected chi connectivity index (χ1v) is 6.29. The molecular formula is C17H15N2Y-. The molecule has 0 fully saturated rings. The van der Waals surface area contributed by atoms with Crippen LogP contribution in [0.1, 0.15) is 5.56 Å². The summed E-state index contributed by atoms with van der Waals surface area (Å²) >= 11 is 0. The molecule has 0 aliphatic rings. The maximum Gasteiger partial charge on any atom is 0.184 e. The van der Waals surface area contributed by atoms with E-state index >= 15 is 0 Å². The van der Waals surface area contributed by atoms with Gasteiger partial charge in [0.05, 0.1) is 19.4 Å². The smallest absolute Gasteiger partial charge is 0.184 e. The zero-order chi connectivity index (χ0) is 13.2. The van der Waals surface area contributed by atoms with Gasteiger partial charge in [-0.3, -0.25) is 4.57 Å². The predicted molar refractivity (Wildman–Crippen MR) is 74.8 cm³/mol. The van der Waals surface area contributed by atoms with E-state index in [1.165, 1.54) is 11.1 Å². The van der Waals surface area contributed by atoms with Gasteiger partial charge in [0.1, 0.15) is 0 Å². The zero-order valence-electron chi connectivity index (χ0n) is 11.7. The van der Waals surface area contributed by atoms with Crippen molar-refractivity contribution < 1.29 is 37.3 Å². The number of para-hydroxylation sites is 1. The van der Waals surface area contributed by atoms with Crippen LogP contribution in [-0.2, 0) is 39.8 Å². The molecule has 1 aromatic heterocycles. The van der Waals surface area contributed by atoms with Crippen molar-refractivity contribution in [2.75, 3.05) is 0 Å². The summed E-state index contributed by atoms with van der Waals surface area (Å²) < 4.78 is 4.13. The minimum atomic E-state index is 0. The molecule has 0 aliphatic heterocycles. The van der Waals surface area contributed by atoms with Crippen molar-refractivity contribution >= 4 is 0 Å². The average molecular weight is 336 g/mol. The number of hydrogen-bond acceptors (Lipinski definition) is 0. The summed E-state index contributed by atoms with van der Waals surface area (Å²) in [6.45, 7) is 2.13. The monoisotopic (exact) mass is 336 g/mol. The third-order valence-corrected chi connectivity index (χ3v) is 3.25. The first-order valence-electron chi connectivity index (χ1n) is 6.29. The summed E-state index contributed by atoms with van der Waals surface area (Å²) in [6.07, 6.45) is 5.21. The van der Waals surface area contributed by atoms with Gasteiger partial charge in [-0.05, 0) is 12.5 Å². The van der Waals surface area contributed by atoms with Gasteiger partial charge in [0.2, 0.25) is 0 Å². The minimum absolute atomic E-state index is 0. The summed E-state index contributed by atoms with van der Waals surface area (Å²) in [6, 6.07) is 19.6. The van der Waals surface area contributed by atoms with Crippen molar-refractivity contribution in [2.45, 2.75) is 6.92 Å². The quantitative estimate of drug-likeness (QED) is 0.503. The van der Waals surface area contributed by atoms with Crippen molar-refractivity contribution in [1.82, 2.24) is 4.57 Å². The standard InChI is InChI=1S/C17H15N2.Y/c1-14-8-6-7-11-16(14)17-18(2)12-13-19(17)15-9-4-3-5-10-15;/h3-9,11-12H,1-2H3;/q-1;. The molecule has 2 nitrogen and oxygen atoms in total. The number of benzene rings is 2. The van der Waals surface area contributed by atoms with Crippen LogP contribution in [0.4, 0.5) is 0 Å². The van der Waals surface area contributed by atoms with E-state index in [2.05, 4.69) is 48.0 Å². The van der Waals surface area contributed by atoms with E-state index in [9.17, 15) is 0 Å². The molecule has 3 aromatic rings. The molecule has 0 atom stereocenters. The van der Waals surface area contributed by atoms with Gasteiger partial charge in [0.15, 0.2) is 5.82 Å². The molecule has 0 aliphatic carbocycles. The van der Waals surface area contributed by atoms with Crippen molar-refractivity contribution in [3.8, 4) is 17.1 Å². The van der Waals surface area contributed by atoms with Crippen LogP contribution in [0.3, 0.4) is 0 Å². The van der Waals surface area contributed by atoms with Crippen LogP contribution >= 0.6 is 0 Å². The van der Waals surface area contributed by atoms with E-state index in [-0.39, 0.29) is 32.7 Å². The maximum absolute atomic E-state index is 3.26. The predicted octanol–water partition coefficient (Wildman–Crippen LogP) is 2.88. The van der Waals surface area contributed by atoms with E-state index in [4.69, 9.17) is 0 Å². The van der Waals surface area contributed by atoms with Crippen LogP contribution in [0.2, 0.25) is 0 Å². The Morgan fingerprint density at radius 3 is 2.50 bits per heavy atom. The Kier molecular flexibility index (Phi) is 4.90. The molecule has 1 heterocycles. The van der Waals surface area contributed by atoms with Crippen LogP contribution in [-0.4, -0.2) is 4.57 Å². The summed E-state index contributed by atoms with van der Waals surface area (Å²) in [5.41, 5.74) is 3.47. The van der Waals surface area contributed by atoms with E-state index < -0.39 is 0 Å². The number of rotatable bonds is 2. The van der Waals surface area contributed by atoms with Crippen molar-refractivity contribution in [3.63, 3.8) is 0 Å². The fourth-order valence-electron chi connectivity index (χ4n) is 2.27. The molecule has 2 aromatic carbocycles. The molecule has 0 bridgehead atoms. The van der Waals surface area contributed by atoms with Gasteiger partial charge in [-0.15, -0.1) is 0 Å². The average Bonchev–Trinajstić information content (AvgIpc) is 2.82. The topological polar surface area (TPSA) is 8.81 Å². The third-order valence-electron chi connectivity index (χ3n) is 3.25. The Balaban J connectivity index is 0.00000147. The summed E-state index contributed by atoms with van der Waals surface area (Å²) in [5.74, 6) is 1.11. The van der Waals surface area contributed by atoms with Gasteiger partial charge >= 0.3 is 0 Å². The normalized spacial score (nSPS) is 10.1.